The van der Waals surface area contributed by atoms with Gasteiger partial charge in [-0.1, -0.05) is 15.9 Å². The van der Waals surface area contributed by atoms with Gasteiger partial charge in [0.2, 0.25) is 0 Å². The van der Waals surface area contributed by atoms with Gasteiger partial charge in [0, 0.05) is 20.0 Å². The molecule has 1 fully saturated rings. The minimum absolute atomic E-state index is 0.416. The van der Waals surface area contributed by atoms with E-state index in [0.717, 1.165) is 38.7 Å². The number of benzene rings is 1. The van der Waals surface area contributed by atoms with E-state index in [0.29, 0.717) is 6.04 Å². The molecule has 1 atom stereocenters. The molecule has 2 rings (SSSR count). The average Bonchev–Trinajstić information content (AvgIpc) is 2.63. The first-order chi connectivity index (χ1) is 7.16. The number of halogens is 3. The second-order valence-corrected chi connectivity index (χ2v) is 6.07. The third-order valence-corrected chi connectivity index (χ3v) is 3.99. The van der Waals surface area contributed by atoms with Gasteiger partial charge in [-0.05, 0) is 50.4 Å². The first-order valence-electron chi connectivity index (χ1n) is 4.65. The molecule has 2 nitrogen and oxygen atoms in total. The molecule has 1 N–H and O–H groups in total. The molecule has 0 bridgehead atoms. The Kier molecular flexibility index (Phi) is 4.10. The predicted octanol–water partition coefficient (Wildman–Crippen LogP) is 4.17. The summed E-state index contributed by atoms with van der Waals surface area (Å²) in [5, 5.41) is 3.47. The molecule has 1 unspecified atom stereocenters. The first kappa shape index (κ1) is 11.9. The summed E-state index contributed by atoms with van der Waals surface area (Å²) in [6.45, 7) is 1.64. The molecule has 1 aromatic carbocycles. The summed E-state index contributed by atoms with van der Waals surface area (Å²) in [7, 11) is 0. The minimum Gasteiger partial charge on any atom is -0.379 e. The first-order valence-corrected chi connectivity index (χ1v) is 7.03. The maximum atomic E-state index is 5.33. The molecular weight excluding hydrogens is 390 g/mol. The normalized spacial score (nSPS) is 20.6. The molecule has 0 aliphatic carbocycles. The Labute approximate surface area is 114 Å². The van der Waals surface area contributed by atoms with Crippen LogP contribution in [0.4, 0.5) is 5.69 Å². The monoisotopic (exact) mass is 397 g/mol. The lowest BCUT2D eigenvalue weighted by atomic mass is 10.2. The Hall–Kier alpha value is 0.420. The summed E-state index contributed by atoms with van der Waals surface area (Å²) in [5.74, 6) is 0. The van der Waals surface area contributed by atoms with Crippen molar-refractivity contribution in [2.24, 2.45) is 0 Å². The van der Waals surface area contributed by atoms with Crippen LogP contribution in [0.1, 0.15) is 6.42 Å². The smallest absolute Gasteiger partial charge is 0.0668 e. The summed E-state index contributed by atoms with van der Waals surface area (Å²) in [6, 6.07) is 4.48. The van der Waals surface area contributed by atoms with E-state index in [1.54, 1.807) is 0 Å². The van der Waals surface area contributed by atoms with E-state index in [4.69, 9.17) is 4.74 Å². The maximum absolute atomic E-state index is 5.33. The van der Waals surface area contributed by atoms with Gasteiger partial charge >= 0.3 is 0 Å². The lowest BCUT2D eigenvalue weighted by Gasteiger charge is -2.15. The molecule has 0 spiro atoms. The van der Waals surface area contributed by atoms with Gasteiger partial charge < -0.3 is 10.1 Å². The van der Waals surface area contributed by atoms with Crippen LogP contribution in [0.2, 0.25) is 0 Å². The molecule has 15 heavy (non-hydrogen) atoms. The maximum Gasteiger partial charge on any atom is 0.0668 e. The van der Waals surface area contributed by atoms with E-state index in [2.05, 4.69) is 53.1 Å². The number of rotatable bonds is 2. The van der Waals surface area contributed by atoms with Crippen molar-refractivity contribution in [3.8, 4) is 0 Å². The minimum atomic E-state index is 0.416. The Morgan fingerprint density at radius 1 is 1.20 bits per heavy atom. The van der Waals surface area contributed by atoms with E-state index < -0.39 is 0 Å². The Morgan fingerprint density at radius 3 is 2.40 bits per heavy atom. The second kappa shape index (κ2) is 5.17. The van der Waals surface area contributed by atoms with Crippen molar-refractivity contribution in [3.05, 3.63) is 25.6 Å². The van der Waals surface area contributed by atoms with Crippen LogP contribution in [0.25, 0.3) is 0 Å². The highest BCUT2D eigenvalue weighted by Gasteiger charge is 2.17. The summed E-state index contributed by atoms with van der Waals surface area (Å²) >= 11 is 10.5. The lowest BCUT2D eigenvalue weighted by Crippen LogP contribution is -2.19. The van der Waals surface area contributed by atoms with Gasteiger partial charge in [0.05, 0.1) is 18.3 Å². The topological polar surface area (TPSA) is 21.3 Å². The van der Waals surface area contributed by atoms with Crippen LogP contribution in [0.15, 0.2) is 25.6 Å². The lowest BCUT2D eigenvalue weighted by molar-refractivity contribution is 0.195. The largest absolute Gasteiger partial charge is 0.379 e. The zero-order valence-electron chi connectivity index (χ0n) is 7.90. The van der Waals surface area contributed by atoms with Crippen molar-refractivity contribution in [2.75, 3.05) is 18.5 Å². The van der Waals surface area contributed by atoms with Gasteiger partial charge in [0.1, 0.15) is 0 Å². The average molecular weight is 400 g/mol. The molecule has 0 radical (unpaired) electrons. The molecule has 1 aliphatic rings. The quantitative estimate of drug-likeness (QED) is 0.805. The van der Waals surface area contributed by atoms with E-state index in [1.165, 1.54) is 0 Å². The second-order valence-electron chi connectivity index (χ2n) is 3.45. The molecule has 1 saturated heterocycles. The molecule has 5 heteroatoms. The third-order valence-electron chi connectivity index (χ3n) is 2.29. The summed E-state index contributed by atoms with van der Waals surface area (Å²) in [6.07, 6.45) is 1.06. The van der Waals surface area contributed by atoms with E-state index >= 15 is 0 Å². The molecule has 0 aromatic heterocycles. The fraction of sp³-hybridized carbons (Fsp3) is 0.400. The van der Waals surface area contributed by atoms with Crippen LogP contribution >= 0.6 is 47.8 Å². The fourth-order valence-corrected chi connectivity index (χ4v) is 4.02. The van der Waals surface area contributed by atoms with Gasteiger partial charge in [-0.2, -0.15) is 0 Å². The van der Waals surface area contributed by atoms with Gasteiger partial charge in [-0.15, -0.1) is 0 Å². The number of nitrogens with one attached hydrogen (secondary N) is 1. The van der Waals surface area contributed by atoms with Crippen LogP contribution in [-0.2, 0) is 4.74 Å². The molecule has 0 saturated carbocycles. The van der Waals surface area contributed by atoms with Gasteiger partial charge in [-0.25, -0.2) is 0 Å². The molecule has 1 aliphatic heterocycles. The predicted molar refractivity (Wildman–Crippen MR) is 72.4 cm³/mol. The molecule has 1 aromatic rings. The SMILES string of the molecule is Brc1cc(Br)c(NC2CCOC2)c(Br)c1. The van der Waals surface area contributed by atoms with E-state index in [1.807, 2.05) is 12.1 Å². The van der Waals surface area contributed by atoms with Crippen LogP contribution in [-0.4, -0.2) is 19.3 Å². The van der Waals surface area contributed by atoms with Crippen LogP contribution < -0.4 is 5.32 Å². The van der Waals surface area contributed by atoms with Crippen molar-refractivity contribution in [1.29, 1.82) is 0 Å². The molecular formula is C10H10Br3NO. The Morgan fingerprint density at radius 2 is 1.87 bits per heavy atom. The molecule has 0 amide bonds. The van der Waals surface area contributed by atoms with Crippen LogP contribution in [0.3, 0.4) is 0 Å². The zero-order valence-corrected chi connectivity index (χ0v) is 12.7. The van der Waals surface area contributed by atoms with Crippen molar-refractivity contribution in [1.82, 2.24) is 0 Å². The van der Waals surface area contributed by atoms with E-state index in [9.17, 15) is 0 Å². The van der Waals surface area contributed by atoms with Gasteiger partial charge in [0.25, 0.3) is 0 Å². The highest BCUT2D eigenvalue weighted by Crippen LogP contribution is 2.35. The Balaban J connectivity index is 2.19. The van der Waals surface area contributed by atoms with Crippen LogP contribution in [0.5, 0.6) is 0 Å². The highest BCUT2D eigenvalue weighted by molar-refractivity contribution is 9.11. The number of hydrogen-bond donors (Lipinski definition) is 1. The van der Waals surface area contributed by atoms with E-state index in [-0.39, 0.29) is 0 Å². The summed E-state index contributed by atoms with van der Waals surface area (Å²) in [5.41, 5.74) is 1.09. The number of anilines is 1. The van der Waals surface area contributed by atoms with Gasteiger partial charge in [-0.3, -0.25) is 0 Å². The zero-order chi connectivity index (χ0) is 10.8. The standard InChI is InChI=1S/C10H10Br3NO/c11-6-3-8(12)10(9(13)4-6)14-7-1-2-15-5-7/h3-4,7,14H,1-2,5H2. The van der Waals surface area contributed by atoms with Crippen molar-refractivity contribution >= 4 is 53.5 Å². The third kappa shape index (κ3) is 2.96. The fourth-order valence-electron chi connectivity index (χ4n) is 1.53. The number of hydrogen-bond acceptors (Lipinski definition) is 2. The van der Waals surface area contributed by atoms with Crippen molar-refractivity contribution < 1.29 is 4.74 Å². The Bertz CT molecular complexity index is 341. The van der Waals surface area contributed by atoms with Gasteiger partial charge in [0.15, 0.2) is 0 Å². The van der Waals surface area contributed by atoms with Crippen LogP contribution in [0, 0.1) is 0 Å². The van der Waals surface area contributed by atoms with Crippen molar-refractivity contribution in [3.63, 3.8) is 0 Å². The molecule has 1 heterocycles. The molecule has 82 valence electrons. The highest BCUT2D eigenvalue weighted by atomic mass is 79.9. The number of ether oxygens (including phenoxy) is 1. The summed E-state index contributed by atoms with van der Waals surface area (Å²) < 4.78 is 8.48. The summed E-state index contributed by atoms with van der Waals surface area (Å²) in [4.78, 5) is 0. The van der Waals surface area contributed by atoms with Crippen molar-refractivity contribution in [2.45, 2.75) is 12.5 Å².